The van der Waals surface area contributed by atoms with Gasteiger partial charge in [-0.25, -0.2) is 14.4 Å². The lowest BCUT2D eigenvalue weighted by Gasteiger charge is -2.08. The van der Waals surface area contributed by atoms with Gasteiger partial charge in [0.15, 0.2) is 0 Å². The lowest BCUT2D eigenvalue weighted by Crippen LogP contribution is -2.14. The summed E-state index contributed by atoms with van der Waals surface area (Å²) in [6.07, 6.45) is 3.97. The number of amides is 1. The number of anilines is 2. The van der Waals surface area contributed by atoms with Gasteiger partial charge in [-0.2, -0.15) is 0 Å². The van der Waals surface area contributed by atoms with Gasteiger partial charge in [-0.3, -0.25) is 4.79 Å². The Bertz CT molecular complexity index is 524. The molecule has 0 fully saturated rings. The van der Waals surface area contributed by atoms with Gasteiger partial charge in [0.05, 0.1) is 11.3 Å². The maximum atomic E-state index is 13.4. The molecule has 1 amide bonds. The van der Waals surface area contributed by atoms with E-state index in [0.717, 1.165) is 0 Å². The van der Waals surface area contributed by atoms with Gasteiger partial charge in [-0.1, -0.05) is 6.07 Å². The van der Waals surface area contributed by atoms with E-state index in [4.69, 9.17) is 5.73 Å². The second-order valence-corrected chi connectivity index (χ2v) is 3.29. The minimum atomic E-state index is -0.588. The van der Waals surface area contributed by atoms with Crippen molar-refractivity contribution in [3.05, 3.63) is 48.3 Å². The predicted octanol–water partition coefficient (Wildman–Crippen LogP) is 1.45. The Balaban J connectivity index is 2.25. The molecule has 0 aliphatic heterocycles. The smallest absolute Gasteiger partial charge is 0.258 e. The van der Waals surface area contributed by atoms with Crippen molar-refractivity contribution in [1.82, 2.24) is 9.97 Å². The van der Waals surface area contributed by atoms with Crippen LogP contribution in [0, 0.1) is 5.82 Å². The van der Waals surface area contributed by atoms with Crippen molar-refractivity contribution in [3.8, 4) is 0 Å². The van der Waals surface area contributed by atoms with Crippen LogP contribution in [0.5, 0.6) is 0 Å². The molecule has 86 valence electrons. The topological polar surface area (TPSA) is 80.9 Å². The van der Waals surface area contributed by atoms with Gasteiger partial charge in [0.1, 0.15) is 17.8 Å². The molecular formula is C11H9FN4O. The van der Waals surface area contributed by atoms with Crippen molar-refractivity contribution in [1.29, 1.82) is 0 Å². The van der Waals surface area contributed by atoms with Crippen LogP contribution in [-0.2, 0) is 0 Å². The summed E-state index contributed by atoms with van der Waals surface area (Å²) >= 11 is 0. The number of nitrogens with zero attached hydrogens (tertiary/aromatic N) is 2. The van der Waals surface area contributed by atoms with Gasteiger partial charge in [0.2, 0.25) is 0 Å². The van der Waals surface area contributed by atoms with Crippen molar-refractivity contribution in [2.45, 2.75) is 0 Å². The predicted molar refractivity (Wildman–Crippen MR) is 60.8 cm³/mol. The highest BCUT2D eigenvalue weighted by atomic mass is 19.1. The summed E-state index contributed by atoms with van der Waals surface area (Å²) in [6.45, 7) is 0. The van der Waals surface area contributed by atoms with E-state index in [-0.39, 0.29) is 16.9 Å². The van der Waals surface area contributed by atoms with Crippen LogP contribution in [0.3, 0.4) is 0 Å². The Morgan fingerprint density at radius 1 is 1.29 bits per heavy atom. The summed E-state index contributed by atoms with van der Waals surface area (Å²) in [6, 6.07) is 4.18. The van der Waals surface area contributed by atoms with E-state index in [0.29, 0.717) is 0 Å². The van der Waals surface area contributed by atoms with E-state index in [1.54, 1.807) is 0 Å². The normalized spacial score (nSPS) is 9.94. The van der Waals surface area contributed by atoms with Crippen LogP contribution >= 0.6 is 0 Å². The van der Waals surface area contributed by atoms with Crippen LogP contribution < -0.4 is 11.1 Å². The van der Waals surface area contributed by atoms with Crippen LogP contribution in [0.1, 0.15) is 10.4 Å². The second-order valence-electron chi connectivity index (χ2n) is 3.29. The lowest BCUT2D eigenvalue weighted by molar-refractivity contribution is 0.102. The fourth-order valence-electron chi connectivity index (χ4n) is 1.27. The SMILES string of the molecule is Nc1cccc(F)c1NC(=O)c1cncnc1. The fraction of sp³-hybridized carbons (Fsp3) is 0. The Morgan fingerprint density at radius 2 is 2.00 bits per heavy atom. The molecule has 2 rings (SSSR count). The molecule has 1 heterocycles. The number of nitrogen functional groups attached to an aromatic ring is 1. The van der Waals surface area contributed by atoms with Crippen LogP contribution in [0.25, 0.3) is 0 Å². The summed E-state index contributed by atoms with van der Waals surface area (Å²) in [5.41, 5.74) is 5.92. The molecule has 5 nitrogen and oxygen atoms in total. The van der Waals surface area contributed by atoms with E-state index in [1.165, 1.54) is 36.9 Å². The molecule has 0 radical (unpaired) electrons. The molecule has 0 atom stereocenters. The highest BCUT2D eigenvalue weighted by Crippen LogP contribution is 2.22. The van der Waals surface area contributed by atoms with Crippen molar-refractivity contribution in [2.75, 3.05) is 11.1 Å². The molecule has 0 bridgehead atoms. The van der Waals surface area contributed by atoms with Crippen LogP contribution in [-0.4, -0.2) is 15.9 Å². The average Bonchev–Trinajstić information content (AvgIpc) is 2.35. The number of nitrogens with one attached hydrogen (secondary N) is 1. The molecule has 0 spiro atoms. The van der Waals surface area contributed by atoms with Crippen molar-refractivity contribution in [3.63, 3.8) is 0 Å². The van der Waals surface area contributed by atoms with E-state index in [2.05, 4.69) is 15.3 Å². The summed E-state index contributed by atoms with van der Waals surface area (Å²) in [7, 11) is 0. The quantitative estimate of drug-likeness (QED) is 0.768. The van der Waals surface area contributed by atoms with Gasteiger partial charge in [0, 0.05) is 12.4 Å². The van der Waals surface area contributed by atoms with Gasteiger partial charge >= 0.3 is 0 Å². The number of para-hydroxylation sites is 1. The molecule has 0 aliphatic rings. The zero-order chi connectivity index (χ0) is 12.3. The largest absolute Gasteiger partial charge is 0.397 e. The number of aromatic nitrogens is 2. The van der Waals surface area contributed by atoms with E-state index in [1.807, 2.05) is 0 Å². The Morgan fingerprint density at radius 3 is 2.65 bits per heavy atom. The number of benzene rings is 1. The maximum absolute atomic E-state index is 13.4. The van der Waals surface area contributed by atoms with Crippen LogP contribution in [0.15, 0.2) is 36.9 Å². The van der Waals surface area contributed by atoms with E-state index < -0.39 is 11.7 Å². The third-order valence-corrected chi connectivity index (χ3v) is 2.11. The highest BCUT2D eigenvalue weighted by Gasteiger charge is 2.11. The first-order chi connectivity index (χ1) is 8.18. The molecule has 3 N–H and O–H groups in total. The molecule has 1 aromatic heterocycles. The standard InChI is InChI=1S/C11H9FN4O/c12-8-2-1-3-9(13)10(8)16-11(17)7-4-14-6-15-5-7/h1-6H,13H2,(H,16,17). The monoisotopic (exact) mass is 232 g/mol. The number of hydrogen-bond acceptors (Lipinski definition) is 4. The number of hydrogen-bond donors (Lipinski definition) is 2. The minimum absolute atomic E-state index is 0.0404. The molecule has 2 aromatic rings. The first kappa shape index (κ1) is 11.0. The molecule has 0 unspecified atom stereocenters. The molecule has 0 aliphatic carbocycles. The summed E-state index contributed by atoms with van der Waals surface area (Å²) < 4.78 is 13.4. The van der Waals surface area contributed by atoms with Crippen molar-refractivity contribution < 1.29 is 9.18 Å². The van der Waals surface area contributed by atoms with Gasteiger partial charge in [-0.05, 0) is 12.1 Å². The third-order valence-electron chi connectivity index (χ3n) is 2.11. The first-order valence-electron chi connectivity index (χ1n) is 4.79. The number of rotatable bonds is 2. The van der Waals surface area contributed by atoms with Crippen LogP contribution in [0.2, 0.25) is 0 Å². The maximum Gasteiger partial charge on any atom is 0.258 e. The van der Waals surface area contributed by atoms with Crippen LogP contribution in [0.4, 0.5) is 15.8 Å². The lowest BCUT2D eigenvalue weighted by atomic mass is 10.2. The molecule has 1 aromatic carbocycles. The zero-order valence-corrected chi connectivity index (χ0v) is 8.72. The van der Waals surface area contributed by atoms with E-state index >= 15 is 0 Å². The fourth-order valence-corrected chi connectivity index (χ4v) is 1.27. The highest BCUT2D eigenvalue weighted by molar-refractivity contribution is 6.05. The van der Waals surface area contributed by atoms with Gasteiger partial charge in [0.25, 0.3) is 5.91 Å². The van der Waals surface area contributed by atoms with Gasteiger partial charge in [-0.15, -0.1) is 0 Å². The molecule has 0 saturated carbocycles. The second kappa shape index (κ2) is 4.56. The summed E-state index contributed by atoms with van der Waals surface area (Å²) in [4.78, 5) is 19.1. The Hall–Kier alpha value is -2.50. The Kier molecular flexibility index (Phi) is 2.95. The average molecular weight is 232 g/mol. The first-order valence-corrected chi connectivity index (χ1v) is 4.79. The Labute approximate surface area is 96.5 Å². The van der Waals surface area contributed by atoms with E-state index in [9.17, 15) is 9.18 Å². The van der Waals surface area contributed by atoms with Crippen molar-refractivity contribution in [2.24, 2.45) is 0 Å². The summed E-state index contributed by atoms with van der Waals surface area (Å²) in [5.74, 6) is -1.10. The zero-order valence-electron chi connectivity index (χ0n) is 8.72. The minimum Gasteiger partial charge on any atom is -0.397 e. The van der Waals surface area contributed by atoms with Crippen molar-refractivity contribution >= 4 is 17.3 Å². The number of carbonyl (C=O) groups excluding carboxylic acids is 1. The molecular weight excluding hydrogens is 223 g/mol. The van der Waals surface area contributed by atoms with Gasteiger partial charge < -0.3 is 11.1 Å². The molecule has 0 saturated heterocycles. The number of nitrogens with two attached hydrogens (primary N) is 1. The summed E-state index contributed by atoms with van der Waals surface area (Å²) in [5, 5.41) is 2.38. The number of halogens is 1. The molecule has 17 heavy (non-hydrogen) atoms. The molecule has 6 heteroatoms. The third kappa shape index (κ3) is 2.36. The number of carbonyl (C=O) groups is 1.